The number of anilines is 6. The first-order valence-corrected chi connectivity index (χ1v) is 39.3. The SMILES string of the molecule is Fc1cccc(F)c1N1c2cc3c(cc2B2c4sc5ccccc5c4Oc4cc(-n5c6c(F)cccc6c6cccc(F)c65)cc1c42)B1c2cc4c(cc2Oc2cc(-n5c6ccccc6c6ccccc65)cc(c21)O3)N(c1c(F)cccc1F)c1cc(-n2c3c(F)cccc3c3cccc(F)c32)cc2c1B4c1sc3ccccc3c1O2. The average molecular weight is 1560 g/mol. The highest BCUT2D eigenvalue weighted by Crippen LogP contribution is 2.53. The van der Waals surface area contributed by atoms with Gasteiger partial charge in [-0.05, 0) is 130 Å². The summed E-state index contributed by atoms with van der Waals surface area (Å²) in [4.78, 5) is 3.07. The summed E-state index contributed by atoms with van der Waals surface area (Å²) in [6.45, 7) is -2.35. The molecule has 26 rings (SSSR count). The fraction of sp³-hybridized carbons (Fsp3) is 0. The van der Waals surface area contributed by atoms with E-state index in [2.05, 4.69) is 28.8 Å². The Balaban J connectivity index is 0.770. The summed E-state index contributed by atoms with van der Waals surface area (Å²) in [7, 11) is 0. The second-order valence-corrected chi connectivity index (χ2v) is 32.4. The van der Waals surface area contributed by atoms with Crippen LogP contribution in [0.25, 0.3) is 103 Å². The fourth-order valence-electron chi connectivity index (χ4n) is 19.8. The van der Waals surface area contributed by atoms with Crippen LogP contribution in [0.1, 0.15) is 0 Å². The zero-order valence-electron chi connectivity index (χ0n) is 59.8. The fourth-order valence-corrected chi connectivity index (χ4v) is 22.3. The molecule has 9 nitrogen and oxygen atoms in total. The van der Waals surface area contributed by atoms with Crippen molar-refractivity contribution in [2.45, 2.75) is 0 Å². The normalized spacial score (nSPS) is 13.7. The minimum absolute atomic E-state index is 0.0745. The molecule has 0 radical (unpaired) electrons. The van der Waals surface area contributed by atoms with E-state index in [-0.39, 0.29) is 56.3 Å². The molecule has 0 amide bonds. The second-order valence-electron chi connectivity index (χ2n) is 30.2. The predicted molar refractivity (Wildman–Crippen MR) is 449 cm³/mol. The van der Waals surface area contributed by atoms with E-state index >= 15 is 35.1 Å². The molecule has 0 N–H and O–H groups in total. The van der Waals surface area contributed by atoms with Gasteiger partial charge in [-0.1, -0.05) is 133 Å². The van der Waals surface area contributed by atoms with E-state index in [0.717, 1.165) is 51.5 Å². The molecule has 6 aliphatic rings. The standard InChI is InChI=1S/C94H44B3F8N5O4S2/c98-60-23-9-19-50-51-20-10-24-61(99)86(51)107(85(50)60)45-35-72-82-76(37-45)113-91-54-17-3-7-33-80(54)115-93(91)96(82)56-41-58-74(43-70(56)109(72)89-64(102)27-13-28-65(89)103)111-78-39-47(106-68-31-5-1-15-48(68)49-16-2-6-32-69(49)106)40-79-84(78)95(58)59-42-57-71(44-75(59)112-79)110(90-66(104)29-14-30-67(90)105)73-36-46(108-87-52(21-11-25-62(87)100)53-22-12-26-63(101)88(53)108)38-77-83(73)97(57)94-92(114-77)55-18-4-8-34-81(55)116-94/h1-44H. The summed E-state index contributed by atoms with van der Waals surface area (Å²) in [5.41, 5.74) is 7.51. The van der Waals surface area contributed by atoms with Crippen molar-refractivity contribution >= 4 is 210 Å². The Hall–Kier alpha value is -13.9. The first-order chi connectivity index (χ1) is 56.8. The molecule has 6 aliphatic heterocycles. The Morgan fingerprint density at radius 3 is 0.974 bits per heavy atom. The first kappa shape index (κ1) is 64.6. The highest BCUT2D eigenvalue weighted by molar-refractivity contribution is 7.34. The van der Waals surface area contributed by atoms with Gasteiger partial charge in [0.25, 0.3) is 20.1 Å². The number of aromatic nitrogens is 3. The van der Waals surface area contributed by atoms with Crippen LogP contribution in [0.5, 0.6) is 46.0 Å². The van der Waals surface area contributed by atoms with E-state index in [1.807, 2.05) is 109 Å². The third kappa shape index (κ3) is 8.39. The van der Waals surface area contributed by atoms with E-state index in [9.17, 15) is 0 Å². The largest absolute Gasteiger partial charge is 0.458 e. The third-order valence-corrected chi connectivity index (χ3v) is 26.8. The van der Waals surface area contributed by atoms with Crippen molar-refractivity contribution in [3.63, 3.8) is 0 Å². The van der Waals surface area contributed by atoms with Crippen molar-refractivity contribution in [3.05, 3.63) is 313 Å². The number of hydrogen-bond donors (Lipinski definition) is 0. The summed E-state index contributed by atoms with van der Waals surface area (Å²) in [5, 5.41) is 5.30. The van der Waals surface area contributed by atoms with Crippen LogP contribution in [0.15, 0.2) is 267 Å². The summed E-state index contributed by atoms with van der Waals surface area (Å²) < 4.78 is 177. The number of ether oxygens (including phenoxy) is 4. The highest BCUT2D eigenvalue weighted by atomic mass is 32.1. The van der Waals surface area contributed by atoms with Gasteiger partial charge in [-0.3, -0.25) is 0 Å². The van der Waals surface area contributed by atoms with Crippen LogP contribution in [0, 0.1) is 46.5 Å². The van der Waals surface area contributed by atoms with Crippen LogP contribution >= 0.6 is 22.7 Å². The van der Waals surface area contributed by atoms with Gasteiger partial charge in [-0.2, -0.15) is 0 Å². The van der Waals surface area contributed by atoms with Crippen molar-refractivity contribution in [2.24, 2.45) is 0 Å². The van der Waals surface area contributed by atoms with Crippen molar-refractivity contribution in [2.75, 3.05) is 9.80 Å². The van der Waals surface area contributed by atoms with E-state index in [4.69, 9.17) is 18.9 Å². The van der Waals surface area contributed by atoms with Gasteiger partial charge in [0, 0.05) is 127 Å². The molecule has 15 aromatic carbocycles. The number of para-hydroxylation sites is 8. The van der Waals surface area contributed by atoms with Gasteiger partial charge in [-0.25, -0.2) is 35.1 Å². The zero-order chi connectivity index (χ0) is 76.8. The molecule has 0 saturated carbocycles. The topological polar surface area (TPSA) is 58.2 Å². The van der Waals surface area contributed by atoms with Crippen LogP contribution < -0.4 is 76.5 Å². The van der Waals surface area contributed by atoms with Crippen molar-refractivity contribution in [1.29, 1.82) is 0 Å². The summed E-state index contributed by atoms with van der Waals surface area (Å²) in [5.74, 6) is -3.25. The lowest BCUT2D eigenvalue weighted by Gasteiger charge is -2.42. The maximum absolute atomic E-state index is 17.8. The summed E-state index contributed by atoms with van der Waals surface area (Å²) in [6, 6.07) is 76.4. The molecule has 0 unspecified atom stereocenters. The third-order valence-electron chi connectivity index (χ3n) is 24.3. The summed E-state index contributed by atoms with van der Waals surface area (Å²) in [6.07, 6.45) is 0. The van der Waals surface area contributed by atoms with Crippen LogP contribution in [0.2, 0.25) is 0 Å². The van der Waals surface area contributed by atoms with Gasteiger partial charge in [0.05, 0.1) is 50.2 Å². The van der Waals surface area contributed by atoms with Crippen LogP contribution in [-0.2, 0) is 0 Å². The molecule has 20 aromatic rings. The van der Waals surface area contributed by atoms with Gasteiger partial charge < -0.3 is 42.4 Å². The second kappa shape index (κ2) is 22.9. The van der Waals surface area contributed by atoms with E-state index in [0.29, 0.717) is 111 Å². The van der Waals surface area contributed by atoms with Gasteiger partial charge in [0.1, 0.15) is 104 Å². The predicted octanol–water partition coefficient (Wildman–Crippen LogP) is 20.1. The van der Waals surface area contributed by atoms with Gasteiger partial charge in [-0.15, -0.1) is 22.7 Å². The molecule has 0 spiro atoms. The van der Waals surface area contributed by atoms with E-state index in [1.54, 1.807) is 72.8 Å². The maximum atomic E-state index is 17.8. The number of fused-ring (bicyclic) bond motifs is 25. The highest BCUT2D eigenvalue weighted by Gasteiger charge is 2.52. The van der Waals surface area contributed by atoms with Crippen LogP contribution in [0.3, 0.4) is 0 Å². The van der Waals surface area contributed by atoms with Gasteiger partial charge in [0.15, 0.2) is 0 Å². The Labute approximate surface area is 660 Å². The lowest BCUT2D eigenvalue weighted by atomic mass is 9.31. The van der Waals surface area contributed by atoms with E-state index in [1.165, 1.54) is 102 Å². The Kier molecular flexibility index (Phi) is 12.8. The molecule has 0 fully saturated rings. The van der Waals surface area contributed by atoms with Crippen molar-refractivity contribution < 1.29 is 54.1 Å². The number of thiophene rings is 2. The van der Waals surface area contributed by atoms with Crippen LogP contribution in [0.4, 0.5) is 69.2 Å². The lowest BCUT2D eigenvalue weighted by molar-refractivity contribution is 0.464. The molecule has 546 valence electrons. The molecule has 0 aliphatic carbocycles. The van der Waals surface area contributed by atoms with Crippen molar-refractivity contribution in [3.8, 4) is 63.1 Å². The van der Waals surface area contributed by atoms with Gasteiger partial charge in [0.2, 0.25) is 0 Å². The molecular formula is C94H44B3F8N5O4S2. The number of benzene rings is 15. The number of rotatable bonds is 5. The number of nitrogens with zero attached hydrogens (tertiary/aromatic N) is 5. The molecule has 11 heterocycles. The maximum Gasteiger partial charge on any atom is 0.268 e. The molecule has 116 heavy (non-hydrogen) atoms. The Bertz CT molecular complexity index is 7400. The monoisotopic (exact) mass is 1560 g/mol. The molecular weight excluding hydrogens is 1510 g/mol. The number of halogens is 8. The summed E-state index contributed by atoms with van der Waals surface area (Å²) >= 11 is 3.03. The minimum Gasteiger partial charge on any atom is -0.458 e. The lowest BCUT2D eigenvalue weighted by Crippen LogP contribution is -2.64. The van der Waals surface area contributed by atoms with Crippen molar-refractivity contribution in [1.82, 2.24) is 13.7 Å². The smallest absolute Gasteiger partial charge is 0.268 e. The quantitative estimate of drug-likeness (QED) is 0.126. The molecule has 0 bridgehead atoms. The zero-order valence-corrected chi connectivity index (χ0v) is 61.5. The number of hydrogen-bond acceptors (Lipinski definition) is 8. The first-order valence-electron chi connectivity index (χ1n) is 37.7. The Morgan fingerprint density at radius 2 is 0.578 bits per heavy atom. The average Bonchev–Trinajstić information content (AvgIpc) is 1.08. The Morgan fingerprint density at radius 1 is 0.250 bits per heavy atom. The molecule has 0 atom stereocenters. The van der Waals surface area contributed by atoms with E-state index < -0.39 is 78.1 Å². The molecule has 5 aromatic heterocycles. The molecule has 22 heteroatoms. The van der Waals surface area contributed by atoms with Gasteiger partial charge >= 0.3 is 0 Å². The molecule has 0 saturated heterocycles. The van der Waals surface area contributed by atoms with Crippen LogP contribution in [-0.4, -0.2) is 33.8 Å². The minimum atomic E-state index is -0.913.